The molecule has 0 aromatic heterocycles. The maximum Gasteiger partial charge on any atom is 0.201 e. The van der Waals surface area contributed by atoms with Crippen LogP contribution in [0.1, 0.15) is 76.7 Å². The molecule has 0 amide bonds. The molecular weight excluding hydrogens is 332 g/mol. The molecular formula is C20H32N2O2S. The molecule has 2 saturated carbocycles. The molecule has 1 aromatic carbocycles. The molecule has 0 bridgehead atoms. The Morgan fingerprint density at radius 3 is 2.00 bits per heavy atom. The van der Waals surface area contributed by atoms with E-state index in [1.165, 1.54) is 36.9 Å². The Labute approximate surface area is 153 Å². The summed E-state index contributed by atoms with van der Waals surface area (Å²) >= 11 is 0. The Morgan fingerprint density at radius 1 is 0.880 bits per heavy atom. The fourth-order valence-electron chi connectivity index (χ4n) is 4.34. The summed E-state index contributed by atoms with van der Waals surface area (Å²) in [5.41, 5.74) is 3.19. The maximum absolute atomic E-state index is 10.7. The Bertz CT molecular complexity index is 614. The summed E-state index contributed by atoms with van der Waals surface area (Å²) in [5.74, 6) is 0.720. The molecule has 25 heavy (non-hydrogen) atoms. The average molecular weight is 365 g/mol. The molecule has 0 radical (unpaired) electrons. The van der Waals surface area contributed by atoms with Crippen LogP contribution in [0.5, 0.6) is 0 Å². The molecule has 2 fully saturated rings. The molecule has 140 valence electrons. The first-order chi connectivity index (χ1) is 11.9. The SMILES string of the molecule is CC1(C)CCC(c2ccc(NC3CCC(N[SH](=O)=O)CC3)cc2)CC1. The molecule has 0 aliphatic heterocycles. The van der Waals surface area contributed by atoms with Crippen molar-refractivity contribution >= 4 is 16.6 Å². The molecule has 2 aliphatic carbocycles. The van der Waals surface area contributed by atoms with Crippen molar-refractivity contribution in [1.29, 1.82) is 0 Å². The molecule has 4 nitrogen and oxygen atoms in total. The van der Waals surface area contributed by atoms with Crippen molar-refractivity contribution in [2.45, 2.75) is 83.2 Å². The van der Waals surface area contributed by atoms with Crippen molar-refractivity contribution in [1.82, 2.24) is 4.72 Å². The van der Waals surface area contributed by atoms with Crippen molar-refractivity contribution < 1.29 is 8.42 Å². The molecule has 2 N–H and O–H groups in total. The number of rotatable bonds is 5. The van der Waals surface area contributed by atoms with Crippen LogP contribution >= 0.6 is 0 Å². The number of hydrogen-bond donors (Lipinski definition) is 3. The number of anilines is 1. The van der Waals surface area contributed by atoms with Gasteiger partial charge in [0.15, 0.2) is 0 Å². The van der Waals surface area contributed by atoms with Crippen LogP contribution in [0.15, 0.2) is 24.3 Å². The largest absolute Gasteiger partial charge is 0.382 e. The van der Waals surface area contributed by atoms with Crippen LogP contribution in [-0.4, -0.2) is 20.5 Å². The lowest BCUT2D eigenvalue weighted by Crippen LogP contribution is -2.36. The van der Waals surface area contributed by atoms with Crippen LogP contribution in [0.3, 0.4) is 0 Å². The van der Waals surface area contributed by atoms with Gasteiger partial charge in [0.25, 0.3) is 0 Å². The zero-order chi connectivity index (χ0) is 17.9. The van der Waals surface area contributed by atoms with Gasteiger partial charge in [0.1, 0.15) is 0 Å². The number of hydrogen-bond acceptors (Lipinski definition) is 3. The summed E-state index contributed by atoms with van der Waals surface area (Å²) in [6.45, 7) is 4.77. The highest BCUT2D eigenvalue weighted by Gasteiger charge is 2.27. The van der Waals surface area contributed by atoms with Crippen LogP contribution in [0, 0.1) is 5.41 Å². The van der Waals surface area contributed by atoms with Gasteiger partial charge in [-0.3, -0.25) is 0 Å². The lowest BCUT2D eigenvalue weighted by Gasteiger charge is -2.34. The van der Waals surface area contributed by atoms with Crippen LogP contribution in [-0.2, 0) is 10.9 Å². The summed E-state index contributed by atoms with van der Waals surface area (Å²) in [5, 5.41) is 3.62. The molecule has 1 aromatic rings. The third-order valence-electron chi connectivity index (χ3n) is 6.11. The van der Waals surface area contributed by atoms with E-state index in [1.54, 1.807) is 0 Å². The van der Waals surface area contributed by atoms with E-state index in [2.05, 4.69) is 48.2 Å². The van der Waals surface area contributed by atoms with Gasteiger partial charge in [0.2, 0.25) is 10.9 Å². The van der Waals surface area contributed by atoms with Crippen LogP contribution in [0.2, 0.25) is 0 Å². The minimum absolute atomic E-state index is 0.122. The summed E-state index contributed by atoms with van der Waals surface area (Å²) in [6.07, 6.45) is 9.11. The minimum Gasteiger partial charge on any atom is -0.382 e. The highest BCUT2D eigenvalue weighted by Crippen LogP contribution is 2.42. The van der Waals surface area contributed by atoms with E-state index >= 15 is 0 Å². The summed E-state index contributed by atoms with van der Waals surface area (Å²) < 4.78 is 24.1. The van der Waals surface area contributed by atoms with E-state index in [-0.39, 0.29) is 6.04 Å². The van der Waals surface area contributed by atoms with Gasteiger partial charge >= 0.3 is 0 Å². The van der Waals surface area contributed by atoms with Gasteiger partial charge in [0.05, 0.1) is 0 Å². The Morgan fingerprint density at radius 2 is 1.44 bits per heavy atom. The van der Waals surface area contributed by atoms with Crippen molar-refractivity contribution in [3.05, 3.63) is 29.8 Å². The molecule has 0 unspecified atom stereocenters. The average Bonchev–Trinajstić information content (AvgIpc) is 2.57. The predicted molar refractivity (Wildman–Crippen MR) is 105 cm³/mol. The Hall–Kier alpha value is -1.07. The number of nitrogens with one attached hydrogen (secondary N) is 2. The first-order valence-electron chi connectivity index (χ1n) is 9.68. The standard InChI is InChI=1S/C20H32N2O2S/c1-20(2)13-11-16(12-14-20)15-3-5-17(6-4-15)21-18-7-9-19(10-8-18)22-25(23)24/h3-6,16,18-19,21,25H,7-14H2,1-2H3,(H,22,23,24). The quantitative estimate of drug-likeness (QED) is 0.686. The van der Waals surface area contributed by atoms with E-state index < -0.39 is 10.9 Å². The molecule has 2 aliphatic rings. The number of thiol groups is 1. The number of benzene rings is 1. The van der Waals surface area contributed by atoms with Crippen molar-refractivity contribution in [2.24, 2.45) is 5.41 Å². The summed E-state index contributed by atoms with van der Waals surface area (Å²) in [6, 6.07) is 9.59. The summed E-state index contributed by atoms with van der Waals surface area (Å²) in [7, 11) is -2.47. The first-order valence-corrected chi connectivity index (χ1v) is 10.9. The van der Waals surface area contributed by atoms with Gasteiger partial charge in [-0.15, -0.1) is 0 Å². The molecule has 5 heteroatoms. The van der Waals surface area contributed by atoms with E-state index in [0.29, 0.717) is 11.5 Å². The Kier molecular flexibility index (Phi) is 6.05. The van der Waals surface area contributed by atoms with E-state index in [4.69, 9.17) is 0 Å². The van der Waals surface area contributed by atoms with Gasteiger partial charge in [-0.2, -0.15) is 0 Å². The van der Waals surface area contributed by atoms with Crippen molar-refractivity contribution in [2.75, 3.05) is 5.32 Å². The lowest BCUT2D eigenvalue weighted by atomic mass is 9.71. The highest BCUT2D eigenvalue weighted by molar-refractivity contribution is 7.70. The van der Waals surface area contributed by atoms with Gasteiger partial charge in [-0.25, -0.2) is 13.1 Å². The zero-order valence-corrected chi connectivity index (χ0v) is 16.4. The second-order valence-corrected chi connectivity index (χ2v) is 9.41. The first kappa shape index (κ1) is 18.7. The van der Waals surface area contributed by atoms with E-state index in [1.807, 2.05) is 0 Å². The van der Waals surface area contributed by atoms with Crippen LogP contribution in [0.4, 0.5) is 5.69 Å². The highest BCUT2D eigenvalue weighted by atomic mass is 32.2. The van der Waals surface area contributed by atoms with Gasteiger partial charge in [-0.1, -0.05) is 26.0 Å². The second-order valence-electron chi connectivity index (χ2n) is 8.64. The molecule has 0 atom stereocenters. The monoisotopic (exact) mass is 364 g/mol. The van der Waals surface area contributed by atoms with Crippen LogP contribution < -0.4 is 10.0 Å². The van der Waals surface area contributed by atoms with Gasteiger partial charge in [-0.05, 0) is 80.4 Å². The normalized spacial score (nSPS) is 27.3. The molecule has 3 rings (SSSR count). The van der Waals surface area contributed by atoms with Gasteiger partial charge < -0.3 is 5.32 Å². The van der Waals surface area contributed by atoms with E-state index in [9.17, 15) is 8.42 Å². The maximum atomic E-state index is 10.7. The third-order valence-corrected chi connectivity index (χ3v) is 6.68. The molecule has 0 spiro atoms. The molecule has 0 heterocycles. The smallest absolute Gasteiger partial charge is 0.201 e. The molecule has 0 saturated heterocycles. The lowest BCUT2D eigenvalue weighted by molar-refractivity contribution is 0.224. The topological polar surface area (TPSA) is 58.2 Å². The fraction of sp³-hybridized carbons (Fsp3) is 0.700. The van der Waals surface area contributed by atoms with Gasteiger partial charge in [0, 0.05) is 17.8 Å². The fourth-order valence-corrected chi connectivity index (χ4v) is 4.89. The van der Waals surface area contributed by atoms with E-state index in [0.717, 1.165) is 31.6 Å². The minimum atomic E-state index is -2.47. The Balaban J connectivity index is 1.48. The third kappa shape index (κ3) is 5.45. The van der Waals surface area contributed by atoms with Crippen molar-refractivity contribution in [3.63, 3.8) is 0 Å². The van der Waals surface area contributed by atoms with Crippen molar-refractivity contribution in [3.8, 4) is 0 Å². The zero-order valence-electron chi connectivity index (χ0n) is 15.5. The predicted octanol–water partition coefficient (Wildman–Crippen LogP) is 4.21. The summed E-state index contributed by atoms with van der Waals surface area (Å²) in [4.78, 5) is 0. The second kappa shape index (κ2) is 8.09. The van der Waals surface area contributed by atoms with Crippen LogP contribution in [0.25, 0.3) is 0 Å².